The summed E-state index contributed by atoms with van der Waals surface area (Å²) in [6, 6.07) is 61.2. The van der Waals surface area contributed by atoms with Crippen LogP contribution in [0.15, 0.2) is 168 Å². The van der Waals surface area contributed by atoms with E-state index in [2.05, 4.69) is 180 Å². The molecule has 0 saturated carbocycles. The Morgan fingerprint density at radius 3 is 2.02 bits per heavy atom. The van der Waals surface area contributed by atoms with Crippen LogP contribution in [0.5, 0.6) is 0 Å². The molecule has 0 N–H and O–H groups in total. The normalized spacial score (nSPS) is 11.5. The Balaban J connectivity index is 0.000000214. The van der Waals surface area contributed by atoms with Gasteiger partial charge in [0, 0.05) is 42.3 Å². The van der Waals surface area contributed by atoms with Crippen molar-refractivity contribution in [2.75, 3.05) is 0 Å². The van der Waals surface area contributed by atoms with E-state index in [0.29, 0.717) is 11.6 Å². The molecular formula is C55H48GeIrN4O-2. The fourth-order valence-corrected chi connectivity index (χ4v) is 11.6. The van der Waals surface area contributed by atoms with Crippen LogP contribution in [0, 0.1) is 25.0 Å². The van der Waals surface area contributed by atoms with Crippen LogP contribution >= 0.6 is 0 Å². The molecule has 0 aliphatic rings. The standard InChI is InChI=1S/C37H24N3O.C18H24GeN.Ir/c1-24-19-21-30-31-23-27(20-22-34(31)41-37(30)38-24)36-39-32-17-8-9-18-33(32)40(36)35-28(25-11-4-2-5-12-25)15-10-16-29(35)26-13-6-3-7-14-26;1-14(2)11-16-12-18(15-9-7-6-8-10-15)20-13-17(16)19(3,4)5;/h2-19,21-23H,1H3;6-9,12-14H,11H2,1-5H3;/q2*-1;. The molecule has 0 saturated heterocycles. The average Bonchev–Trinajstić information content (AvgIpc) is 3.84. The Morgan fingerprint density at radius 1 is 0.677 bits per heavy atom. The monoisotopic (exact) mass is 1050 g/mol. The summed E-state index contributed by atoms with van der Waals surface area (Å²) in [5.74, 6) is 8.82. The Hall–Kier alpha value is -5.92. The third-order valence-electron chi connectivity index (χ3n) is 11.1. The van der Waals surface area contributed by atoms with Gasteiger partial charge < -0.3 is 8.98 Å². The van der Waals surface area contributed by atoms with Crippen molar-refractivity contribution in [3.63, 3.8) is 0 Å². The topological polar surface area (TPSA) is 56.7 Å². The molecule has 0 fully saturated rings. The van der Waals surface area contributed by atoms with E-state index >= 15 is 0 Å². The molecule has 7 heteroatoms. The molecule has 6 aromatic carbocycles. The summed E-state index contributed by atoms with van der Waals surface area (Å²) in [5, 5.41) is 1.98. The summed E-state index contributed by atoms with van der Waals surface area (Å²) in [6.45, 7) is 6.55. The van der Waals surface area contributed by atoms with E-state index in [1.54, 1.807) is 4.40 Å². The number of rotatable bonds is 8. The zero-order valence-electron chi connectivity index (χ0n) is 35.9. The summed E-state index contributed by atoms with van der Waals surface area (Å²) in [5.41, 5.74) is 14.4. The maximum atomic E-state index is 6.08. The second kappa shape index (κ2) is 18.2. The number of hydrogen-bond donors (Lipinski definition) is 0. The van der Waals surface area contributed by atoms with Crippen molar-refractivity contribution in [3.8, 4) is 50.6 Å². The molecule has 0 unspecified atom stereocenters. The first-order valence-electron chi connectivity index (χ1n) is 21.0. The Kier molecular flexibility index (Phi) is 12.6. The van der Waals surface area contributed by atoms with Crippen LogP contribution in [0.25, 0.3) is 83.7 Å². The van der Waals surface area contributed by atoms with Crippen LogP contribution in [0.4, 0.5) is 0 Å². The molecule has 0 aliphatic carbocycles. The number of para-hydroxylation sites is 3. The van der Waals surface area contributed by atoms with E-state index in [9.17, 15) is 0 Å². The third kappa shape index (κ3) is 8.74. The molecule has 4 aromatic heterocycles. The van der Waals surface area contributed by atoms with Crippen LogP contribution in [0.2, 0.25) is 17.3 Å². The van der Waals surface area contributed by atoms with Gasteiger partial charge in [-0.15, -0.1) is 23.8 Å². The van der Waals surface area contributed by atoms with Crippen LogP contribution < -0.4 is 4.40 Å². The Labute approximate surface area is 380 Å². The third-order valence-corrected chi connectivity index (χ3v) is 15.4. The van der Waals surface area contributed by atoms with E-state index in [1.807, 2.05) is 43.3 Å². The summed E-state index contributed by atoms with van der Waals surface area (Å²) in [6.07, 6.45) is 3.27. The van der Waals surface area contributed by atoms with Crippen LogP contribution in [-0.4, -0.2) is 32.8 Å². The number of aromatic nitrogens is 4. The quantitative estimate of drug-likeness (QED) is 0.112. The number of fused-ring (bicyclic) bond motifs is 4. The van der Waals surface area contributed by atoms with Crippen LogP contribution in [0.3, 0.4) is 0 Å². The molecule has 0 bridgehead atoms. The molecule has 1 radical (unpaired) electrons. The molecule has 0 spiro atoms. The number of imidazole rings is 1. The zero-order chi connectivity index (χ0) is 42.1. The van der Waals surface area contributed by atoms with Crippen molar-refractivity contribution >= 4 is 50.8 Å². The molecule has 0 aliphatic heterocycles. The molecule has 62 heavy (non-hydrogen) atoms. The molecule has 5 nitrogen and oxygen atoms in total. The first kappa shape index (κ1) is 42.8. The van der Waals surface area contributed by atoms with Gasteiger partial charge in [-0.3, -0.25) is 4.98 Å². The van der Waals surface area contributed by atoms with E-state index in [0.717, 1.165) is 90.1 Å². The van der Waals surface area contributed by atoms with Crippen LogP contribution in [0.1, 0.15) is 25.1 Å². The second-order valence-corrected chi connectivity index (χ2v) is 27.6. The minimum absolute atomic E-state index is 0. The number of pyridine rings is 2. The van der Waals surface area contributed by atoms with Crippen molar-refractivity contribution in [2.24, 2.45) is 5.92 Å². The molecule has 4 heterocycles. The first-order chi connectivity index (χ1) is 29.6. The van der Waals surface area contributed by atoms with Crippen molar-refractivity contribution in [2.45, 2.75) is 44.5 Å². The maximum Gasteiger partial charge on any atom is 0.216 e. The van der Waals surface area contributed by atoms with Crippen molar-refractivity contribution in [3.05, 3.63) is 187 Å². The zero-order valence-corrected chi connectivity index (χ0v) is 40.4. The average molecular weight is 1050 g/mol. The number of benzene rings is 6. The minimum atomic E-state index is -1.86. The molecule has 0 atom stereocenters. The Morgan fingerprint density at radius 2 is 1.35 bits per heavy atom. The van der Waals surface area contributed by atoms with E-state index in [-0.39, 0.29) is 20.1 Å². The summed E-state index contributed by atoms with van der Waals surface area (Å²) >= 11 is -1.86. The van der Waals surface area contributed by atoms with Gasteiger partial charge in [-0.1, -0.05) is 96.4 Å². The largest absolute Gasteiger partial charge is 0.486 e. The molecule has 309 valence electrons. The first-order valence-corrected chi connectivity index (χ1v) is 28.4. The van der Waals surface area contributed by atoms with Gasteiger partial charge in [-0.25, -0.2) is 4.98 Å². The fraction of sp³-hybridized carbons (Fsp3) is 0.145. The molecule has 10 rings (SSSR count). The number of hydrogen-bond acceptors (Lipinski definition) is 4. The number of furan rings is 1. The second-order valence-electron chi connectivity index (χ2n) is 17.1. The van der Waals surface area contributed by atoms with Crippen LogP contribution in [-0.2, 0) is 26.5 Å². The van der Waals surface area contributed by atoms with Crippen molar-refractivity contribution < 1.29 is 24.5 Å². The summed E-state index contributed by atoms with van der Waals surface area (Å²) < 4.78 is 9.92. The SMILES string of the molecule is CC(C)Cc1cc(-c2[c-]cccc2)nc[c]1[Ge]([CH3])([CH3])[CH3].Cc1ccc2c(n1)oc1c[c-]c(-c3nc4ccccc4n3-c3c(-c4ccccc4)cccc3-c3ccccc3)cc12.[Ir]. The predicted octanol–water partition coefficient (Wildman–Crippen LogP) is 13.7. The van der Waals surface area contributed by atoms with Gasteiger partial charge in [0.25, 0.3) is 0 Å². The number of aryl methyl sites for hydroxylation is 1. The molecule has 0 amide bonds. The summed E-state index contributed by atoms with van der Waals surface area (Å²) in [7, 11) is 0. The van der Waals surface area contributed by atoms with E-state index in [4.69, 9.17) is 14.4 Å². The van der Waals surface area contributed by atoms with Gasteiger partial charge in [-0.05, 0) is 42.3 Å². The predicted molar refractivity (Wildman–Crippen MR) is 256 cm³/mol. The number of nitrogens with zero attached hydrogens (tertiary/aromatic N) is 4. The Bertz CT molecular complexity index is 3080. The smallest absolute Gasteiger partial charge is 0.216 e. The molecular weight excluding hydrogens is 997 g/mol. The van der Waals surface area contributed by atoms with Gasteiger partial charge in [0.1, 0.15) is 0 Å². The van der Waals surface area contributed by atoms with Gasteiger partial charge in [0.05, 0.1) is 28.1 Å². The van der Waals surface area contributed by atoms with Gasteiger partial charge >= 0.3 is 126 Å². The van der Waals surface area contributed by atoms with Gasteiger partial charge in [-0.2, -0.15) is 0 Å². The maximum absolute atomic E-state index is 6.08. The van der Waals surface area contributed by atoms with Gasteiger partial charge in [0.15, 0.2) is 0 Å². The van der Waals surface area contributed by atoms with Gasteiger partial charge in [0.2, 0.25) is 5.71 Å². The fourth-order valence-electron chi connectivity index (χ4n) is 8.22. The van der Waals surface area contributed by atoms with Crippen molar-refractivity contribution in [1.82, 2.24) is 19.5 Å². The summed E-state index contributed by atoms with van der Waals surface area (Å²) in [4.78, 5) is 14.5. The molecule has 10 aromatic rings. The minimum Gasteiger partial charge on any atom is -0.486 e. The van der Waals surface area contributed by atoms with Crippen molar-refractivity contribution in [1.29, 1.82) is 0 Å². The van der Waals surface area contributed by atoms with E-state index in [1.165, 1.54) is 5.56 Å². The van der Waals surface area contributed by atoms with E-state index < -0.39 is 13.3 Å².